The van der Waals surface area contributed by atoms with Crippen LogP contribution in [0.2, 0.25) is 0 Å². The summed E-state index contributed by atoms with van der Waals surface area (Å²) in [6.07, 6.45) is 7.84. The quantitative estimate of drug-likeness (QED) is 0.236. The number of aryl methyl sites for hydroxylation is 5. The van der Waals surface area contributed by atoms with Crippen molar-refractivity contribution in [2.75, 3.05) is 0 Å². The van der Waals surface area contributed by atoms with Crippen LogP contribution >= 0.6 is 0 Å². The molecule has 0 fully saturated rings. The van der Waals surface area contributed by atoms with Crippen LogP contribution < -0.4 is 0 Å². The topological polar surface area (TPSA) is 36.7 Å². The van der Waals surface area contributed by atoms with Gasteiger partial charge in [-0.1, -0.05) is 36.4 Å². The first-order chi connectivity index (χ1) is 16.2. The van der Waals surface area contributed by atoms with Crippen molar-refractivity contribution in [1.82, 2.24) is 4.98 Å². The Morgan fingerprint density at radius 1 is 0.727 bits per heavy atom. The Morgan fingerprint density at radius 3 is 2.15 bits per heavy atom. The fourth-order valence-electron chi connectivity index (χ4n) is 6.10. The summed E-state index contributed by atoms with van der Waals surface area (Å²) in [5.74, 6) is 0. The Balaban J connectivity index is 1.48. The van der Waals surface area contributed by atoms with E-state index < -0.39 is 0 Å². The third-order valence-corrected chi connectivity index (χ3v) is 7.69. The van der Waals surface area contributed by atoms with Crippen LogP contribution in [0.4, 0.5) is 0 Å². The largest absolute Gasteiger partial charge is 0.308 e. The van der Waals surface area contributed by atoms with Crippen LogP contribution in [0.15, 0.2) is 66.9 Å². The van der Waals surface area contributed by atoms with Crippen LogP contribution in [0.3, 0.4) is 0 Å². The van der Waals surface area contributed by atoms with E-state index in [-0.39, 0.29) is 0 Å². The first-order valence-corrected chi connectivity index (χ1v) is 11.8. The van der Waals surface area contributed by atoms with Crippen molar-refractivity contribution in [1.29, 1.82) is 5.41 Å². The molecule has 158 valence electrons. The van der Waals surface area contributed by atoms with E-state index in [1.165, 1.54) is 66.7 Å². The lowest BCUT2D eigenvalue weighted by Crippen LogP contribution is -2.14. The standard InChI is InChI=1S/C31H24N2/c1-18-13-21-9-10-27-26(28(21)16-25(18)17-32)11-12-33-31(27)24-14-22-7-5-19-3-2-4-20-6-8-23(15-24)30(22)29(19)20/h2-4,9-17,32H,5-8H2,1H3. The highest BCUT2D eigenvalue weighted by molar-refractivity contribution is 6.12. The fourth-order valence-corrected chi connectivity index (χ4v) is 6.10. The number of rotatable bonds is 2. The first-order valence-electron chi connectivity index (χ1n) is 11.8. The summed E-state index contributed by atoms with van der Waals surface area (Å²) in [5.41, 5.74) is 13.4. The molecule has 0 saturated carbocycles. The zero-order valence-electron chi connectivity index (χ0n) is 18.7. The molecular formula is C31H24N2. The highest BCUT2D eigenvalue weighted by atomic mass is 14.7. The predicted molar refractivity (Wildman–Crippen MR) is 138 cm³/mol. The average Bonchev–Trinajstić information content (AvgIpc) is 2.86. The van der Waals surface area contributed by atoms with Gasteiger partial charge in [-0.3, -0.25) is 4.98 Å². The molecule has 1 heterocycles. The number of hydrogen-bond acceptors (Lipinski definition) is 2. The first kappa shape index (κ1) is 18.8. The van der Waals surface area contributed by atoms with Gasteiger partial charge in [0.05, 0.1) is 5.69 Å². The third-order valence-electron chi connectivity index (χ3n) is 7.69. The van der Waals surface area contributed by atoms with Gasteiger partial charge in [0.2, 0.25) is 0 Å². The molecule has 0 radical (unpaired) electrons. The molecule has 33 heavy (non-hydrogen) atoms. The van der Waals surface area contributed by atoms with E-state index in [4.69, 9.17) is 10.4 Å². The van der Waals surface area contributed by atoms with Gasteiger partial charge in [-0.25, -0.2) is 0 Å². The van der Waals surface area contributed by atoms with Crippen molar-refractivity contribution < 1.29 is 0 Å². The monoisotopic (exact) mass is 424 g/mol. The number of benzene rings is 4. The molecule has 1 aromatic heterocycles. The maximum absolute atomic E-state index is 7.80. The van der Waals surface area contributed by atoms with Crippen LogP contribution in [-0.2, 0) is 25.7 Å². The Kier molecular flexibility index (Phi) is 3.90. The predicted octanol–water partition coefficient (Wildman–Crippen LogP) is 7.23. The molecule has 0 spiro atoms. The maximum atomic E-state index is 7.80. The normalized spacial score (nSPS) is 13.8. The van der Waals surface area contributed by atoms with Crippen LogP contribution in [0, 0.1) is 12.3 Å². The number of nitrogens with zero attached hydrogens (tertiary/aromatic N) is 1. The van der Waals surface area contributed by atoms with Crippen molar-refractivity contribution in [2.45, 2.75) is 32.6 Å². The Labute approximate surface area is 193 Å². The third kappa shape index (κ3) is 2.67. The molecule has 0 bridgehead atoms. The second-order valence-electron chi connectivity index (χ2n) is 9.52. The van der Waals surface area contributed by atoms with Crippen LogP contribution in [-0.4, -0.2) is 11.2 Å². The molecule has 2 nitrogen and oxygen atoms in total. The van der Waals surface area contributed by atoms with Gasteiger partial charge in [-0.2, -0.15) is 0 Å². The molecular weight excluding hydrogens is 400 g/mol. The molecule has 0 amide bonds. The van der Waals surface area contributed by atoms with E-state index in [9.17, 15) is 0 Å². The molecule has 1 N–H and O–H groups in total. The zero-order chi connectivity index (χ0) is 22.1. The smallest absolute Gasteiger partial charge is 0.0780 e. The molecule has 0 aliphatic heterocycles. The van der Waals surface area contributed by atoms with Gasteiger partial charge in [0.15, 0.2) is 0 Å². The number of pyridine rings is 1. The SMILES string of the molecule is Cc1cc2ccc3c(-c4cc5c6c(c4)CCc4cccc(c4-6)CC5)nccc3c2cc1C=N. The molecule has 5 aromatic rings. The van der Waals surface area contributed by atoms with E-state index in [1.807, 2.05) is 6.20 Å². The van der Waals surface area contributed by atoms with E-state index in [2.05, 4.69) is 67.6 Å². The van der Waals surface area contributed by atoms with Crippen molar-refractivity contribution >= 4 is 27.8 Å². The van der Waals surface area contributed by atoms with E-state index in [1.54, 1.807) is 0 Å². The summed E-state index contributed by atoms with van der Waals surface area (Å²) in [4.78, 5) is 4.88. The summed E-state index contributed by atoms with van der Waals surface area (Å²) in [6.45, 7) is 2.07. The molecule has 0 unspecified atom stereocenters. The second kappa shape index (κ2) is 6.86. The number of aromatic nitrogens is 1. The second-order valence-corrected chi connectivity index (χ2v) is 9.52. The van der Waals surface area contributed by atoms with E-state index >= 15 is 0 Å². The lowest BCUT2D eigenvalue weighted by molar-refractivity contribution is 0.877. The number of fused-ring (bicyclic) bond motifs is 3. The Morgan fingerprint density at radius 2 is 1.42 bits per heavy atom. The summed E-state index contributed by atoms with van der Waals surface area (Å²) in [6, 6.07) is 22.5. The van der Waals surface area contributed by atoms with Gasteiger partial charge in [-0.05, 0) is 118 Å². The van der Waals surface area contributed by atoms with Gasteiger partial charge in [0.25, 0.3) is 0 Å². The van der Waals surface area contributed by atoms with Crippen molar-refractivity contribution in [3.8, 4) is 22.4 Å². The number of nitrogens with one attached hydrogen (secondary N) is 1. The van der Waals surface area contributed by atoms with E-state index in [0.717, 1.165) is 42.5 Å². The van der Waals surface area contributed by atoms with Gasteiger partial charge in [0.1, 0.15) is 0 Å². The Hall–Kier alpha value is -3.78. The van der Waals surface area contributed by atoms with Gasteiger partial charge in [-0.15, -0.1) is 0 Å². The summed E-state index contributed by atoms with van der Waals surface area (Å²) in [5, 5.41) is 12.6. The summed E-state index contributed by atoms with van der Waals surface area (Å²) >= 11 is 0. The lowest BCUT2D eigenvalue weighted by Gasteiger charge is -2.30. The van der Waals surface area contributed by atoms with Crippen LogP contribution in [0.1, 0.15) is 33.4 Å². The highest BCUT2D eigenvalue weighted by Gasteiger charge is 2.26. The molecule has 7 rings (SSSR count). The number of hydrogen-bond donors (Lipinski definition) is 1. The molecule has 2 heteroatoms. The minimum absolute atomic E-state index is 0.973. The molecule has 0 atom stereocenters. The molecule has 4 aromatic carbocycles. The van der Waals surface area contributed by atoms with Gasteiger partial charge >= 0.3 is 0 Å². The van der Waals surface area contributed by atoms with Crippen molar-refractivity contribution in [3.63, 3.8) is 0 Å². The molecule has 0 saturated heterocycles. The van der Waals surface area contributed by atoms with Crippen molar-refractivity contribution in [3.05, 3.63) is 100 Å². The summed E-state index contributed by atoms with van der Waals surface area (Å²) < 4.78 is 0. The van der Waals surface area contributed by atoms with E-state index in [0.29, 0.717) is 0 Å². The van der Waals surface area contributed by atoms with Crippen molar-refractivity contribution in [2.24, 2.45) is 0 Å². The average molecular weight is 425 g/mol. The minimum atomic E-state index is 0.973. The summed E-state index contributed by atoms with van der Waals surface area (Å²) in [7, 11) is 0. The highest BCUT2D eigenvalue weighted by Crippen LogP contribution is 2.44. The van der Waals surface area contributed by atoms with Gasteiger partial charge < -0.3 is 5.41 Å². The molecule has 2 aliphatic rings. The minimum Gasteiger partial charge on any atom is -0.308 e. The van der Waals surface area contributed by atoms with Crippen LogP contribution in [0.25, 0.3) is 43.9 Å². The van der Waals surface area contributed by atoms with Gasteiger partial charge in [0, 0.05) is 23.4 Å². The maximum Gasteiger partial charge on any atom is 0.0780 e. The lowest BCUT2D eigenvalue weighted by atomic mass is 9.74. The fraction of sp³-hybridized carbons (Fsp3) is 0.161. The Bertz CT molecular complexity index is 1590. The molecule has 2 aliphatic carbocycles. The van der Waals surface area contributed by atoms with Crippen LogP contribution in [0.5, 0.6) is 0 Å². The zero-order valence-corrected chi connectivity index (χ0v) is 18.7.